The molecular formula is C16H18N4O3S. The van der Waals surface area contributed by atoms with Crippen LogP contribution >= 0.6 is 11.3 Å². The summed E-state index contributed by atoms with van der Waals surface area (Å²) >= 11 is 1.58. The minimum atomic E-state index is -0.574. The molecule has 0 bridgehead atoms. The van der Waals surface area contributed by atoms with Crippen molar-refractivity contribution < 1.29 is 14.3 Å². The summed E-state index contributed by atoms with van der Waals surface area (Å²) in [6, 6.07) is 7.43. The number of carbonyl (C=O) groups excluding carboxylic acids is 1. The van der Waals surface area contributed by atoms with Crippen molar-refractivity contribution in [3.63, 3.8) is 0 Å². The molecule has 7 nitrogen and oxygen atoms in total. The standard InChI is InChI=1S/C16H18N4O3S/c1-11-17-18-16(24-11)20-8-6-19(7-9-20)15(21)14-10-22-12-4-2-3-5-13(12)23-14/h2-5,14H,6-10H2,1H3. The number of amides is 1. The minimum absolute atomic E-state index is 0.0161. The Morgan fingerprint density at radius 2 is 1.92 bits per heavy atom. The number of rotatable bonds is 2. The van der Waals surface area contributed by atoms with E-state index < -0.39 is 6.10 Å². The summed E-state index contributed by atoms with van der Waals surface area (Å²) in [5, 5.41) is 10.1. The van der Waals surface area contributed by atoms with E-state index in [4.69, 9.17) is 9.47 Å². The van der Waals surface area contributed by atoms with Crippen molar-refractivity contribution in [1.82, 2.24) is 15.1 Å². The lowest BCUT2D eigenvalue weighted by Gasteiger charge is -2.36. The van der Waals surface area contributed by atoms with Crippen molar-refractivity contribution in [3.8, 4) is 11.5 Å². The molecule has 2 aliphatic rings. The SMILES string of the molecule is Cc1nnc(N2CCN(C(=O)C3COc4ccccc4O3)CC2)s1. The Morgan fingerprint density at radius 3 is 2.62 bits per heavy atom. The number of piperazine rings is 1. The maximum Gasteiger partial charge on any atom is 0.267 e. The number of ether oxygens (including phenoxy) is 2. The number of aryl methyl sites for hydroxylation is 1. The molecule has 1 aromatic carbocycles. The molecular weight excluding hydrogens is 328 g/mol. The molecule has 2 aliphatic heterocycles. The van der Waals surface area contributed by atoms with Gasteiger partial charge in [-0.3, -0.25) is 4.79 Å². The molecule has 126 valence electrons. The Labute approximate surface area is 143 Å². The third-order valence-corrected chi connectivity index (χ3v) is 5.06. The number of carbonyl (C=O) groups is 1. The summed E-state index contributed by atoms with van der Waals surface area (Å²) in [6.07, 6.45) is -0.574. The van der Waals surface area contributed by atoms with E-state index in [2.05, 4.69) is 15.1 Å². The van der Waals surface area contributed by atoms with Gasteiger partial charge in [0.2, 0.25) is 11.2 Å². The molecule has 0 radical (unpaired) electrons. The van der Waals surface area contributed by atoms with Crippen LogP contribution in [0.25, 0.3) is 0 Å². The molecule has 1 aromatic heterocycles. The molecule has 3 heterocycles. The van der Waals surface area contributed by atoms with E-state index in [1.165, 1.54) is 0 Å². The van der Waals surface area contributed by atoms with Crippen LogP contribution in [-0.4, -0.2) is 59.9 Å². The number of fused-ring (bicyclic) bond motifs is 1. The molecule has 0 spiro atoms. The van der Waals surface area contributed by atoms with Gasteiger partial charge in [0.15, 0.2) is 11.5 Å². The smallest absolute Gasteiger partial charge is 0.267 e. The molecule has 8 heteroatoms. The Bertz CT molecular complexity index is 742. The van der Waals surface area contributed by atoms with Gasteiger partial charge >= 0.3 is 0 Å². The third kappa shape index (κ3) is 2.89. The zero-order chi connectivity index (χ0) is 16.5. The number of nitrogens with zero attached hydrogens (tertiary/aromatic N) is 4. The Balaban J connectivity index is 1.37. The predicted molar refractivity (Wildman–Crippen MR) is 89.8 cm³/mol. The largest absolute Gasteiger partial charge is 0.485 e. The van der Waals surface area contributed by atoms with E-state index in [0.29, 0.717) is 24.6 Å². The van der Waals surface area contributed by atoms with E-state index in [1.807, 2.05) is 36.1 Å². The monoisotopic (exact) mass is 346 g/mol. The zero-order valence-electron chi connectivity index (χ0n) is 13.3. The maximum atomic E-state index is 12.7. The topological polar surface area (TPSA) is 67.8 Å². The lowest BCUT2D eigenvalue weighted by Crippen LogP contribution is -2.54. The quantitative estimate of drug-likeness (QED) is 0.817. The second kappa shape index (κ2) is 6.27. The first-order valence-corrected chi connectivity index (χ1v) is 8.75. The summed E-state index contributed by atoms with van der Waals surface area (Å²) in [6.45, 7) is 5.01. The van der Waals surface area contributed by atoms with Gasteiger partial charge in [-0.05, 0) is 19.1 Å². The fraction of sp³-hybridized carbons (Fsp3) is 0.438. The first-order valence-electron chi connectivity index (χ1n) is 7.93. The van der Waals surface area contributed by atoms with Gasteiger partial charge in [-0.1, -0.05) is 23.5 Å². The molecule has 1 fully saturated rings. The highest BCUT2D eigenvalue weighted by molar-refractivity contribution is 7.15. The molecule has 24 heavy (non-hydrogen) atoms. The first-order chi connectivity index (χ1) is 11.7. The number of hydrogen-bond donors (Lipinski definition) is 0. The van der Waals surface area contributed by atoms with E-state index in [1.54, 1.807) is 11.3 Å². The summed E-state index contributed by atoms with van der Waals surface area (Å²) in [5.41, 5.74) is 0. The predicted octanol–water partition coefficient (Wildman–Crippen LogP) is 1.34. The summed E-state index contributed by atoms with van der Waals surface area (Å²) in [5.74, 6) is 1.31. The fourth-order valence-electron chi connectivity index (χ4n) is 2.88. The van der Waals surface area contributed by atoms with E-state index in [9.17, 15) is 4.79 Å². The van der Waals surface area contributed by atoms with E-state index in [-0.39, 0.29) is 12.5 Å². The van der Waals surface area contributed by atoms with Crippen molar-refractivity contribution >= 4 is 22.4 Å². The van der Waals surface area contributed by atoms with Crippen LogP contribution in [0.5, 0.6) is 11.5 Å². The summed E-state index contributed by atoms with van der Waals surface area (Å²) in [7, 11) is 0. The fourth-order valence-corrected chi connectivity index (χ4v) is 3.62. The van der Waals surface area contributed by atoms with Crippen molar-refractivity contribution in [2.75, 3.05) is 37.7 Å². The lowest BCUT2D eigenvalue weighted by atomic mass is 10.2. The van der Waals surface area contributed by atoms with Gasteiger partial charge in [-0.15, -0.1) is 10.2 Å². The molecule has 1 saturated heterocycles. The highest BCUT2D eigenvalue weighted by atomic mass is 32.1. The van der Waals surface area contributed by atoms with E-state index in [0.717, 1.165) is 23.2 Å². The zero-order valence-corrected chi connectivity index (χ0v) is 14.2. The number of hydrogen-bond acceptors (Lipinski definition) is 7. The number of para-hydroxylation sites is 2. The molecule has 4 rings (SSSR count). The molecule has 0 aliphatic carbocycles. The van der Waals surface area contributed by atoms with Gasteiger partial charge in [-0.25, -0.2) is 0 Å². The molecule has 0 saturated carbocycles. The summed E-state index contributed by atoms with van der Waals surface area (Å²) < 4.78 is 11.5. The van der Waals surface area contributed by atoms with Gasteiger partial charge in [-0.2, -0.15) is 0 Å². The van der Waals surface area contributed by atoms with Crippen LogP contribution in [0, 0.1) is 6.92 Å². The van der Waals surface area contributed by atoms with Crippen molar-refractivity contribution in [3.05, 3.63) is 29.3 Å². The van der Waals surface area contributed by atoms with Crippen LogP contribution in [0.1, 0.15) is 5.01 Å². The van der Waals surface area contributed by atoms with Gasteiger partial charge in [0, 0.05) is 26.2 Å². The Morgan fingerprint density at radius 1 is 1.17 bits per heavy atom. The highest BCUT2D eigenvalue weighted by Gasteiger charge is 2.33. The molecule has 1 amide bonds. The Hall–Kier alpha value is -2.35. The maximum absolute atomic E-state index is 12.7. The van der Waals surface area contributed by atoms with Gasteiger partial charge in [0.25, 0.3) is 5.91 Å². The number of anilines is 1. The number of aromatic nitrogens is 2. The van der Waals surface area contributed by atoms with Crippen LogP contribution in [0.3, 0.4) is 0 Å². The molecule has 1 atom stereocenters. The number of benzene rings is 1. The van der Waals surface area contributed by atoms with Crippen LogP contribution in [0.2, 0.25) is 0 Å². The van der Waals surface area contributed by atoms with Crippen LogP contribution in [0.4, 0.5) is 5.13 Å². The average molecular weight is 346 g/mol. The van der Waals surface area contributed by atoms with Crippen molar-refractivity contribution in [2.24, 2.45) is 0 Å². The normalized spacial score (nSPS) is 20.1. The van der Waals surface area contributed by atoms with Gasteiger partial charge in [0.1, 0.15) is 11.6 Å². The molecule has 2 aromatic rings. The van der Waals surface area contributed by atoms with Crippen LogP contribution in [0.15, 0.2) is 24.3 Å². The van der Waals surface area contributed by atoms with Crippen molar-refractivity contribution in [1.29, 1.82) is 0 Å². The lowest BCUT2D eigenvalue weighted by molar-refractivity contribution is -0.141. The average Bonchev–Trinajstić information content (AvgIpc) is 3.07. The highest BCUT2D eigenvalue weighted by Crippen LogP contribution is 2.31. The second-order valence-corrected chi connectivity index (χ2v) is 6.94. The van der Waals surface area contributed by atoms with Crippen LogP contribution < -0.4 is 14.4 Å². The first kappa shape index (κ1) is 15.2. The van der Waals surface area contributed by atoms with Crippen LogP contribution in [-0.2, 0) is 4.79 Å². The molecule has 0 N–H and O–H groups in total. The van der Waals surface area contributed by atoms with E-state index >= 15 is 0 Å². The third-order valence-electron chi connectivity index (χ3n) is 4.16. The molecule has 1 unspecified atom stereocenters. The Kier molecular flexibility index (Phi) is 3.97. The van der Waals surface area contributed by atoms with Crippen molar-refractivity contribution in [2.45, 2.75) is 13.0 Å². The van der Waals surface area contributed by atoms with Gasteiger partial charge in [0.05, 0.1) is 0 Å². The second-order valence-electron chi connectivity index (χ2n) is 5.78. The van der Waals surface area contributed by atoms with Gasteiger partial charge < -0.3 is 19.3 Å². The summed E-state index contributed by atoms with van der Waals surface area (Å²) in [4.78, 5) is 16.7. The minimum Gasteiger partial charge on any atom is -0.485 e.